The standard InChI is InChI=1S/C14H22N2O2/c1-14(2,13(17)18-3)9-16-7-6-11(8-16)12(15)10-4-5-10/h6-8,10,12H,4-5,9,15H2,1-3H3. The molecule has 1 unspecified atom stereocenters. The molecule has 1 aromatic rings. The molecule has 4 heteroatoms. The van der Waals surface area contributed by atoms with Crippen LogP contribution >= 0.6 is 0 Å². The van der Waals surface area contributed by atoms with Gasteiger partial charge in [0.25, 0.3) is 0 Å². The predicted molar refractivity (Wildman–Crippen MR) is 69.9 cm³/mol. The van der Waals surface area contributed by atoms with Crippen LogP contribution < -0.4 is 5.73 Å². The zero-order valence-corrected chi connectivity index (χ0v) is 11.3. The number of carbonyl (C=O) groups is 1. The molecule has 1 atom stereocenters. The van der Waals surface area contributed by atoms with Crippen LogP contribution in [0.25, 0.3) is 0 Å². The Kier molecular flexibility index (Phi) is 3.48. The molecule has 1 heterocycles. The van der Waals surface area contributed by atoms with Crippen molar-refractivity contribution in [2.75, 3.05) is 7.11 Å². The molecule has 0 bridgehead atoms. The van der Waals surface area contributed by atoms with Crippen LogP contribution in [0, 0.1) is 11.3 Å². The van der Waals surface area contributed by atoms with E-state index in [9.17, 15) is 4.79 Å². The van der Waals surface area contributed by atoms with Crippen molar-refractivity contribution in [3.05, 3.63) is 24.0 Å². The summed E-state index contributed by atoms with van der Waals surface area (Å²) in [5, 5.41) is 0. The van der Waals surface area contributed by atoms with E-state index in [0.29, 0.717) is 12.5 Å². The van der Waals surface area contributed by atoms with Gasteiger partial charge in [-0.05, 0) is 44.2 Å². The van der Waals surface area contributed by atoms with Crippen molar-refractivity contribution < 1.29 is 9.53 Å². The van der Waals surface area contributed by atoms with Crippen LogP contribution in [0.15, 0.2) is 18.5 Å². The minimum atomic E-state index is -0.519. The molecule has 0 amide bonds. The maximum absolute atomic E-state index is 11.6. The lowest BCUT2D eigenvalue weighted by Gasteiger charge is -2.22. The zero-order chi connectivity index (χ0) is 13.3. The normalized spacial score (nSPS) is 17.6. The fourth-order valence-corrected chi connectivity index (χ4v) is 2.28. The van der Waals surface area contributed by atoms with Gasteiger partial charge in [-0.25, -0.2) is 0 Å². The number of aromatic nitrogens is 1. The molecule has 100 valence electrons. The van der Waals surface area contributed by atoms with Crippen molar-refractivity contribution in [1.82, 2.24) is 4.57 Å². The third kappa shape index (κ3) is 2.75. The molecule has 1 fully saturated rings. The van der Waals surface area contributed by atoms with E-state index in [2.05, 4.69) is 6.07 Å². The van der Waals surface area contributed by atoms with Gasteiger partial charge in [-0.2, -0.15) is 0 Å². The highest BCUT2D eigenvalue weighted by Crippen LogP contribution is 2.39. The molecular weight excluding hydrogens is 228 g/mol. The first-order valence-corrected chi connectivity index (χ1v) is 6.44. The molecule has 1 aliphatic carbocycles. The Labute approximate surface area is 108 Å². The first-order valence-electron chi connectivity index (χ1n) is 6.44. The lowest BCUT2D eigenvalue weighted by atomic mass is 9.94. The Morgan fingerprint density at radius 2 is 2.28 bits per heavy atom. The number of nitrogens with zero attached hydrogens (tertiary/aromatic N) is 1. The molecule has 0 aromatic carbocycles. The minimum Gasteiger partial charge on any atom is -0.469 e. The number of ether oxygens (including phenoxy) is 1. The molecule has 1 aromatic heterocycles. The molecule has 0 saturated heterocycles. The van der Waals surface area contributed by atoms with Gasteiger partial charge in [-0.3, -0.25) is 4.79 Å². The molecule has 0 aliphatic heterocycles. The van der Waals surface area contributed by atoms with E-state index >= 15 is 0 Å². The van der Waals surface area contributed by atoms with Crippen molar-refractivity contribution in [3.63, 3.8) is 0 Å². The van der Waals surface area contributed by atoms with Gasteiger partial charge in [0.1, 0.15) is 0 Å². The molecule has 4 nitrogen and oxygen atoms in total. The summed E-state index contributed by atoms with van der Waals surface area (Å²) in [6.45, 7) is 4.38. The summed E-state index contributed by atoms with van der Waals surface area (Å²) in [4.78, 5) is 11.6. The molecule has 1 aliphatic rings. The summed E-state index contributed by atoms with van der Waals surface area (Å²) < 4.78 is 6.84. The van der Waals surface area contributed by atoms with Crippen LogP contribution in [0.3, 0.4) is 0 Å². The van der Waals surface area contributed by atoms with Gasteiger partial charge < -0.3 is 15.0 Å². The van der Waals surface area contributed by atoms with Crippen LogP contribution in [-0.2, 0) is 16.1 Å². The molecule has 2 N–H and O–H groups in total. The van der Waals surface area contributed by atoms with E-state index in [1.807, 2.05) is 30.8 Å². The van der Waals surface area contributed by atoms with Crippen molar-refractivity contribution in [2.45, 2.75) is 39.3 Å². The average molecular weight is 250 g/mol. The van der Waals surface area contributed by atoms with Gasteiger partial charge in [-0.1, -0.05) is 0 Å². The van der Waals surface area contributed by atoms with Crippen molar-refractivity contribution in [1.29, 1.82) is 0 Å². The SMILES string of the molecule is COC(=O)C(C)(C)Cn1ccc(C(N)C2CC2)c1. The summed E-state index contributed by atoms with van der Waals surface area (Å²) in [6, 6.07) is 2.20. The molecule has 0 radical (unpaired) electrons. The molecule has 2 rings (SSSR count). The van der Waals surface area contributed by atoms with Crippen LogP contribution in [0.5, 0.6) is 0 Å². The van der Waals surface area contributed by atoms with Gasteiger partial charge in [0.05, 0.1) is 12.5 Å². The summed E-state index contributed by atoms with van der Waals surface area (Å²) in [5.74, 6) is 0.457. The van der Waals surface area contributed by atoms with E-state index in [4.69, 9.17) is 10.5 Å². The number of nitrogens with two attached hydrogens (primary N) is 1. The van der Waals surface area contributed by atoms with Crippen molar-refractivity contribution in [3.8, 4) is 0 Å². The average Bonchev–Trinajstić information content (AvgIpc) is 3.08. The van der Waals surface area contributed by atoms with Gasteiger partial charge >= 0.3 is 5.97 Å². The fraction of sp³-hybridized carbons (Fsp3) is 0.643. The van der Waals surface area contributed by atoms with E-state index in [1.54, 1.807) is 0 Å². The fourth-order valence-electron chi connectivity index (χ4n) is 2.28. The number of esters is 1. The largest absolute Gasteiger partial charge is 0.469 e. The van der Waals surface area contributed by atoms with E-state index in [0.717, 1.165) is 5.56 Å². The molecule has 18 heavy (non-hydrogen) atoms. The summed E-state index contributed by atoms with van der Waals surface area (Å²) in [5.41, 5.74) is 6.80. The van der Waals surface area contributed by atoms with Crippen molar-refractivity contribution in [2.24, 2.45) is 17.1 Å². The monoisotopic (exact) mass is 250 g/mol. The Hall–Kier alpha value is -1.29. The lowest BCUT2D eigenvalue weighted by Crippen LogP contribution is -2.30. The van der Waals surface area contributed by atoms with Crippen molar-refractivity contribution >= 4 is 5.97 Å². The Morgan fingerprint density at radius 3 is 2.83 bits per heavy atom. The Balaban J connectivity index is 2.03. The third-order valence-electron chi connectivity index (χ3n) is 3.60. The highest BCUT2D eigenvalue weighted by Gasteiger charge is 2.31. The summed E-state index contributed by atoms with van der Waals surface area (Å²) in [7, 11) is 1.42. The summed E-state index contributed by atoms with van der Waals surface area (Å²) in [6.07, 6.45) is 6.51. The maximum atomic E-state index is 11.6. The molecule has 1 saturated carbocycles. The first-order chi connectivity index (χ1) is 8.44. The third-order valence-corrected chi connectivity index (χ3v) is 3.60. The van der Waals surface area contributed by atoms with E-state index in [1.165, 1.54) is 20.0 Å². The van der Waals surface area contributed by atoms with Gasteiger partial charge in [0.2, 0.25) is 0 Å². The van der Waals surface area contributed by atoms with Crippen LogP contribution in [0.2, 0.25) is 0 Å². The van der Waals surface area contributed by atoms with Gasteiger partial charge in [-0.15, -0.1) is 0 Å². The summed E-state index contributed by atoms with van der Waals surface area (Å²) >= 11 is 0. The van der Waals surface area contributed by atoms with E-state index in [-0.39, 0.29) is 12.0 Å². The predicted octanol–water partition coefficient (Wildman–Crippen LogP) is 2.10. The van der Waals surface area contributed by atoms with E-state index < -0.39 is 5.41 Å². The van der Waals surface area contributed by atoms with Gasteiger partial charge in [0.15, 0.2) is 0 Å². The Morgan fingerprint density at radius 1 is 1.61 bits per heavy atom. The quantitative estimate of drug-likeness (QED) is 0.814. The Bertz CT molecular complexity index is 433. The second kappa shape index (κ2) is 4.76. The number of hydrogen-bond acceptors (Lipinski definition) is 3. The minimum absolute atomic E-state index is 0.146. The number of methoxy groups -OCH3 is 1. The lowest BCUT2D eigenvalue weighted by molar-refractivity contribution is -0.151. The van der Waals surface area contributed by atoms with Crippen LogP contribution in [0.1, 0.15) is 38.3 Å². The number of rotatable bonds is 5. The maximum Gasteiger partial charge on any atom is 0.313 e. The molecular formula is C14H22N2O2. The highest BCUT2D eigenvalue weighted by atomic mass is 16.5. The number of carbonyl (C=O) groups excluding carboxylic acids is 1. The molecule has 0 spiro atoms. The first kappa shape index (κ1) is 13.1. The van der Waals surface area contributed by atoms with Crippen LogP contribution in [-0.4, -0.2) is 17.6 Å². The smallest absolute Gasteiger partial charge is 0.313 e. The van der Waals surface area contributed by atoms with Gasteiger partial charge in [0, 0.05) is 25.0 Å². The topological polar surface area (TPSA) is 57.2 Å². The second-order valence-electron chi connectivity index (χ2n) is 5.86. The zero-order valence-electron chi connectivity index (χ0n) is 11.3. The second-order valence-corrected chi connectivity index (χ2v) is 5.86. The highest BCUT2D eigenvalue weighted by molar-refractivity contribution is 5.75. The van der Waals surface area contributed by atoms with Crippen LogP contribution in [0.4, 0.5) is 0 Å². The number of hydrogen-bond donors (Lipinski definition) is 1.